The first-order chi connectivity index (χ1) is 10.2. The first-order valence-electron chi connectivity index (χ1n) is 8.46. The van der Waals surface area contributed by atoms with Crippen molar-refractivity contribution in [3.63, 3.8) is 0 Å². The predicted octanol–water partition coefficient (Wildman–Crippen LogP) is 4.26. The standard InChI is InChI=1S/C18H27ClN2/c1-14(13-21-11-3-2-4-12-21)20-18(15-5-6-15)16-7-9-17(19)10-8-16/h7-10,14-15,18,20H,2-6,11-13H2,1H3. The topological polar surface area (TPSA) is 15.3 Å². The first-order valence-corrected chi connectivity index (χ1v) is 8.84. The second-order valence-electron chi connectivity index (χ2n) is 6.80. The van der Waals surface area contributed by atoms with E-state index in [-0.39, 0.29) is 0 Å². The van der Waals surface area contributed by atoms with E-state index in [1.807, 2.05) is 12.1 Å². The fourth-order valence-corrected chi connectivity index (χ4v) is 3.62. The minimum atomic E-state index is 0.502. The van der Waals surface area contributed by atoms with Crippen LogP contribution < -0.4 is 5.32 Å². The van der Waals surface area contributed by atoms with Crippen LogP contribution in [-0.4, -0.2) is 30.6 Å². The highest BCUT2D eigenvalue weighted by atomic mass is 35.5. The fraction of sp³-hybridized carbons (Fsp3) is 0.667. The average Bonchev–Trinajstić information content (AvgIpc) is 3.31. The molecule has 0 radical (unpaired) electrons. The molecule has 1 aliphatic heterocycles. The lowest BCUT2D eigenvalue weighted by molar-refractivity contribution is 0.202. The Balaban J connectivity index is 1.58. The third kappa shape index (κ3) is 4.45. The summed E-state index contributed by atoms with van der Waals surface area (Å²) in [6, 6.07) is 9.45. The molecule has 0 amide bonds. The van der Waals surface area contributed by atoms with Crippen molar-refractivity contribution in [1.29, 1.82) is 0 Å². The maximum Gasteiger partial charge on any atom is 0.0406 e. The molecule has 1 aliphatic carbocycles. The smallest absolute Gasteiger partial charge is 0.0406 e. The Morgan fingerprint density at radius 1 is 1.14 bits per heavy atom. The number of rotatable bonds is 6. The molecule has 3 heteroatoms. The van der Waals surface area contributed by atoms with Gasteiger partial charge in [-0.2, -0.15) is 0 Å². The van der Waals surface area contributed by atoms with Gasteiger partial charge in [-0.1, -0.05) is 30.2 Å². The minimum absolute atomic E-state index is 0.502. The lowest BCUT2D eigenvalue weighted by Gasteiger charge is -2.31. The molecule has 1 aromatic carbocycles. The van der Waals surface area contributed by atoms with Crippen LogP contribution in [-0.2, 0) is 0 Å². The summed E-state index contributed by atoms with van der Waals surface area (Å²) in [5, 5.41) is 4.71. The molecule has 1 heterocycles. The van der Waals surface area contributed by atoms with Crippen LogP contribution in [0.5, 0.6) is 0 Å². The highest BCUT2D eigenvalue weighted by Crippen LogP contribution is 2.41. The molecule has 21 heavy (non-hydrogen) atoms. The molecule has 1 N–H and O–H groups in total. The number of nitrogens with one attached hydrogen (secondary N) is 1. The van der Waals surface area contributed by atoms with Crippen LogP contribution >= 0.6 is 11.6 Å². The van der Waals surface area contributed by atoms with Crippen LogP contribution in [0.2, 0.25) is 5.02 Å². The number of hydrogen-bond donors (Lipinski definition) is 1. The molecular weight excluding hydrogens is 280 g/mol. The van der Waals surface area contributed by atoms with E-state index >= 15 is 0 Å². The van der Waals surface area contributed by atoms with Crippen molar-refractivity contribution in [2.45, 2.75) is 51.1 Å². The van der Waals surface area contributed by atoms with Crippen LogP contribution in [0.4, 0.5) is 0 Å². The van der Waals surface area contributed by atoms with Crippen LogP contribution in [0.15, 0.2) is 24.3 Å². The summed E-state index contributed by atoms with van der Waals surface area (Å²) in [6.45, 7) is 6.07. The largest absolute Gasteiger partial charge is 0.306 e. The van der Waals surface area contributed by atoms with Gasteiger partial charge in [0.05, 0.1) is 0 Å². The molecule has 116 valence electrons. The van der Waals surface area contributed by atoms with Crippen molar-refractivity contribution in [1.82, 2.24) is 10.2 Å². The van der Waals surface area contributed by atoms with E-state index in [2.05, 4.69) is 29.3 Å². The highest BCUT2D eigenvalue weighted by molar-refractivity contribution is 6.30. The van der Waals surface area contributed by atoms with Gasteiger partial charge in [0.1, 0.15) is 0 Å². The molecule has 1 saturated carbocycles. The zero-order chi connectivity index (χ0) is 14.7. The Labute approximate surface area is 133 Å². The van der Waals surface area contributed by atoms with Crippen molar-refractivity contribution >= 4 is 11.6 Å². The third-order valence-corrected chi connectivity index (χ3v) is 5.02. The van der Waals surface area contributed by atoms with E-state index in [4.69, 9.17) is 11.6 Å². The molecule has 0 aromatic heterocycles. The molecule has 2 aliphatic rings. The molecule has 1 saturated heterocycles. The quantitative estimate of drug-likeness (QED) is 0.845. The Morgan fingerprint density at radius 2 is 1.81 bits per heavy atom. The summed E-state index contributed by atoms with van der Waals surface area (Å²) in [4.78, 5) is 2.62. The van der Waals surface area contributed by atoms with Crippen molar-refractivity contribution in [2.24, 2.45) is 5.92 Å². The summed E-state index contributed by atoms with van der Waals surface area (Å²) in [7, 11) is 0. The van der Waals surface area contributed by atoms with E-state index in [0.717, 1.165) is 10.9 Å². The summed E-state index contributed by atoms with van der Waals surface area (Å²) in [5.74, 6) is 0.815. The molecule has 2 unspecified atom stereocenters. The lowest BCUT2D eigenvalue weighted by Crippen LogP contribution is -2.43. The van der Waals surface area contributed by atoms with E-state index in [1.54, 1.807) is 0 Å². The first kappa shape index (κ1) is 15.3. The number of hydrogen-bond acceptors (Lipinski definition) is 2. The van der Waals surface area contributed by atoms with E-state index in [0.29, 0.717) is 12.1 Å². The number of piperidine rings is 1. The summed E-state index contributed by atoms with van der Waals surface area (Å²) in [5.41, 5.74) is 1.40. The monoisotopic (exact) mass is 306 g/mol. The third-order valence-electron chi connectivity index (χ3n) is 4.77. The van der Waals surface area contributed by atoms with Gasteiger partial charge in [0, 0.05) is 23.7 Å². The summed E-state index contributed by atoms with van der Waals surface area (Å²) in [6.07, 6.45) is 6.87. The van der Waals surface area contributed by atoms with Gasteiger partial charge in [-0.3, -0.25) is 0 Å². The van der Waals surface area contributed by atoms with Crippen molar-refractivity contribution in [3.8, 4) is 0 Å². The zero-order valence-corrected chi connectivity index (χ0v) is 13.8. The molecule has 2 fully saturated rings. The second kappa shape index (κ2) is 7.13. The van der Waals surface area contributed by atoms with Gasteiger partial charge in [0.25, 0.3) is 0 Å². The van der Waals surface area contributed by atoms with Gasteiger partial charge >= 0.3 is 0 Å². The van der Waals surface area contributed by atoms with Gasteiger partial charge in [0.2, 0.25) is 0 Å². The lowest BCUT2D eigenvalue weighted by atomic mass is 10.0. The highest BCUT2D eigenvalue weighted by Gasteiger charge is 2.33. The molecule has 2 atom stereocenters. The number of halogens is 1. The number of benzene rings is 1. The van der Waals surface area contributed by atoms with Crippen LogP contribution in [0.25, 0.3) is 0 Å². The Hall–Kier alpha value is -0.570. The van der Waals surface area contributed by atoms with Crippen LogP contribution in [0, 0.1) is 5.92 Å². The van der Waals surface area contributed by atoms with Crippen molar-refractivity contribution in [2.75, 3.05) is 19.6 Å². The van der Waals surface area contributed by atoms with Crippen molar-refractivity contribution in [3.05, 3.63) is 34.9 Å². The number of nitrogens with zero attached hydrogens (tertiary/aromatic N) is 1. The van der Waals surface area contributed by atoms with Gasteiger partial charge in [-0.25, -0.2) is 0 Å². The molecule has 1 aromatic rings. The van der Waals surface area contributed by atoms with Crippen LogP contribution in [0.3, 0.4) is 0 Å². The molecule has 3 rings (SSSR count). The molecule has 0 spiro atoms. The Bertz CT molecular complexity index is 435. The maximum atomic E-state index is 6.02. The maximum absolute atomic E-state index is 6.02. The summed E-state index contributed by atoms with van der Waals surface area (Å²) >= 11 is 6.02. The van der Waals surface area contributed by atoms with Crippen molar-refractivity contribution < 1.29 is 0 Å². The molecule has 0 bridgehead atoms. The Morgan fingerprint density at radius 3 is 2.43 bits per heavy atom. The van der Waals surface area contributed by atoms with E-state index < -0.39 is 0 Å². The second-order valence-corrected chi connectivity index (χ2v) is 7.23. The van der Waals surface area contributed by atoms with E-state index in [9.17, 15) is 0 Å². The van der Waals surface area contributed by atoms with E-state index in [1.165, 1.54) is 57.3 Å². The van der Waals surface area contributed by atoms with Gasteiger partial charge in [0.15, 0.2) is 0 Å². The minimum Gasteiger partial charge on any atom is -0.306 e. The van der Waals surface area contributed by atoms with Gasteiger partial charge in [-0.05, 0) is 69.3 Å². The Kier molecular flexibility index (Phi) is 5.20. The summed E-state index contributed by atoms with van der Waals surface area (Å²) < 4.78 is 0. The normalized spacial score (nSPS) is 23.0. The van der Waals surface area contributed by atoms with Gasteiger partial charge < -0.3 is 10.2 Å². The average molecular weight is 307 g/mol. The molecular formula is C18H27ClN2. The fourth-order valence-electron chi connectivity index (χ4n) is 3.49. The van der Waals surface area contributed by atoms with Gasteiger partial charge in [-0.15, -0.1) is 0 Å². The SMILES string of the molecule is CC(CN1CCCCC1)NC(c1ccc(Cl)cc1)C1CC1. The zero-order valence-electron chi connectivity index (χ0n) is 13.0. The van der Waals surface area contributed by atoms with Crippen LogP contribution in [0.1, 0.15) is 50.6 Å². The number of likely N-dealkylation sites (tertiary alicyclic amines) is 1. The predicted molar refractivity (Wildman–Crippen MR) is 89.8 cm³/mol. The molecule has 2 nitrogen and oxygen atoms in total.